The predicted molar refractivity (Wildman–Crippen MR) is 130 cm³/mol. The number of benzene rings is 1. The van der Waals surface area contributed by atoms with Crippen LogP contribution in [0, 0.1) is 17.7 Å². The molecule has 0 saturated carbocycles. The number of aliphatic hydroxyl groups is 3. The first-order valence-corrected chi connectivity index (χ1v) is 11.9. The van der Waals surface area contributed by atoms with E-state index >= 15 is 4.39 Å². The Labute approximate surface area is 213 Å². The maximum atomic E-state index is 15.6. The molecule has 1 aromatic carbocycles. The topological polar surface area (TPSA) is 173 Å². The molecule has 0 radical (unpaired) electrons. The summed E-state index contributed by atoms with van der Waals surface area (Å²) >= 11 is 0. The van der Waals surface area contributed by atoms with Crippen LogP contribution in [0.2, 0.25) is 0 Å². The Morgan fingerprint density at radius 1 is 1.24 bits per heavy atom. The number of fused-ring (bicyclic) bond motifs is 3. The average molecular weight is 518 g/mol. The second kappa shape index (κ2) is 8.64. The number of nitrogens with two attached hydrogens (primary N) is 1. The number of phenolic OH excluding ortho intramolecular Hbond substituents is 1. The molecule has 0 aliphatic heterocycles. The first kappa shape index (κ1) is 26.8. The number of carbonyl (C=O) groups excluding carboxylic acids is 3. The molecule has 3 aliphatic rings. The lowest BCUT2D eigenvalue weighted by Crippen LogP contribution is -2.63. The monoisotopic (exact) mass is 517 g/mol. The number of aliphatic hydroxyl groups excluding tert-OH is 2. The molecule has 4 rings (SSSR count). The number of nitrogens with zero attached hydrogens (tertiary/aromatic N) is 1. The molecule has 0 aromatic heterocycles. The fourth-order valence-corrected chi connectivity index (χ4v) is 5.84. The van der Waals surface area contributed by atoms with Crippen molar-refractivity contribution in [2.75, 3.05) is 14.1 Å². The Morgan fingerprint density at radius 3 is 2.41 bits per heavy atom. The SMILES string of the molecule is CN(C)[C@@H]1C(O)=C(C(N)=O)C(=O)[C@@]2(O)C(O)=C3C(=O)c4c(O)cc(CNC(C)(C)C)c(F)c4C[C@H]3C[C@@H]12. The lowest BCUT2D eigenvalue weighted by molar-refractivity contribution is -0.148. The van der Waals surface area contributed by atoms with E-state index in [0.29, 0.717) is 0 Å². The minimum absolute atomic E-state index is 0.0242. The zero-order chi connectivity index (χ0) is 27.8. The van der Waals surface area contributed by atoms with E-state index in [0.717, 1.165) is 6.07 Å². The smallest absolute Gasteiger partial charge is 0.255 e. The average Bonchev–Trinajstić information content (AvgIpc) is 2.76. The number of primary amides is 1. The van der Waals surface area contributed by atoms with Gasteiger partial charge in [-0.1, -0.05) is 0 Å². The van der Waals surface area contributed by atoms with Gasteiger partial charge in [-0.2, -0.15) is 0 Å². The highest BCUT2D eigenvalue weighted by atomic mass is 19.1. The molecule has 0 fully saturated rings. The summed E-state index contributed by atoms with van der Waals surface area (Å²) in [5, 5.41) is 47.4. The number of nitrogens with one attached hydrogen (secondary N) is 1. The van der Waals surface area contributed by atoms with Crippen molar-refractivity contribution < 1.29 is 39.2 Å². The van der Waals surface area contributed by atoms with E-state index in [1.165, 1.54) is 4.90 Å². The molecule has 11 heteroatoms. The number of rotatable bonds is 4. The molecule has 0 bridgehead atoms. The number of hydrogen-bond acceptors (Lipinski definition) is 9. The molecular weight excluding hydrogens is 485 g/mol. The van der Waals surface area contributed by atoms with Gasteiger partial charge in [0.2, 0.25) is 5.78 Å². The second-order valence-electron chi connectivity index (χ2n) is 11.3. The van der Waals surface area contributed by atoms with Gasteiger partial charge in [0, 0.05) is 34.7 Å². The molecule has 3 aliphatic carbocycles. The molecule has 0 unspecified atom stereocenters. The van der Waals surface area contributed by atoms with Gasteiger partial charge >= 0.3 is 0 Å². The number of aromatic hydroxyl groups is 1. The summed E-state index contributed by atoms with van der Waals surface area (Å²) in [6.07, 6.45) is -0.201. The van der Waals surface area contributed by atoms with Crippen LogP contribution >= 0.6 is 0 Å². The molecule has 1 aromatic rings. The summed E-state index contributed by atoms with van der Waals surface area (Å²) in [6, 6.07) is 0.0362. The Kier molecular flexibility index (Phi) is 6.25. The number of halogens is 1. The van der Waals surface area contributed by atoms with Crippen LogP contribution in [-0.2, 0) is 22.6 Å². The van der Waals surface area contributed by atoms with Gasteiger partial charge in [0.15, 0.2) is 11.4 Å². The Hall–Kier alpha value is -3.28. The standard InChI is InChI=1S/C26H32FN3O7/c1-25(2,3)29-9-11-8-14(31)16-12(18(11)27)6-10-7-13-19(30(4)5)21(33)17(24(28)36)23(35)26(13,37)22(34)15(10)20(16)32/h8,10,13,19,29,31,33-34,37H,6-7,9H2,1-5H3,(H2,28,36)/t10-,13-,19-,26-/m0/s1. The number of likely N-dealkylation sites (N-methyl/N-ethyl adjacent to an activating group) is 1. The van der Waals surface area contributed by atoms with Crippen molar-refractivity contribution >= 4 is 17.5 Å². The van der Waals surface area contributed by atoms with Gasteiger partial charge in [-0.05, 0) is 59.7 Å². The number of Topliss-reactive ketones (excluding diaryl/α,β-unsaturated/α-hetero) is 2. The molecule has 200 valence electrons. The van der Waals surface area contributed by atoms with Crippen LogP contribution in [0.1, 0.15) is 48.7 Å². The maximum Gasteiger partial charge on any atom is 0.255 e. The van der Waals surface area contributed by atoms with Crippen LogP contribution in [0.25, 0.3) is 0 Å². The van der Waals surface area contributed by atoms with Gasteiger partial charge in [0.1, 0.15) is 28.7 Å². The molecule has 0 spiro atoms. The van der Waals surface area contributed by atoms with Crippen molar-refractivity contribution in [3.8, 4) is 5.75 Å². The number of carbonyl (C=O) groups is 3. The molecule has 1 amide bonds. The van der Waals surface area contributed by atoms with Gasteiger partial charge in [0.05, 0.1) is 11.6 Å². The van der Waals surface area contributed by atoms with Crippen molar-refractivity contribution in [3.05, 3.63) is 51.2 Å². The van der Waals surface area contributed by atoms with Gasteiger partial charge in [-0.25, -0.2) is 4.39 Å². The highest BCUT2D eigenvalue weighted by Gasteiger charge is 2.63. The second-order valence-corrected chi connectivity index (χ2v) is 11.3. The Morgan fingerprint density at radius 2 is 1.86 bits per heavy atom. The van der Waals surface area contributed by atoms with Crippen molar-refractivity contribution in [1.29, 1.82) is 0 Å². The van der Waals surface area contributed by atoms with Crippen molar-refractivity contribution in [3.63, 3.8) is 0 Å². The summed E-state index contributed by atoms with van der Waals surface area (Å²) in [6.45, 7) is 5.79. The lowest BCUT2D eigenvalue weighted by Gasteiger charge is -2.50. The number of hydrogen-bond donors (Lipinski definition) is 6. The van der Waals surface area contributed by atoms with E-state index in [9.17, 15) is 34.8 Å². The van der Waals surface area contributed by atoms with E-state index in [2.05, 4.69) is 5.32 Å². The first-order chi connectivity index (χ1) is 17.0. The predicted octanol–water partition coefficient (Wildman–Crippen LogP) is 1.15. The molecule has 10 nitrogen and oxygen atoms in total. The van der Waals surface area contributed by atoms with Crippen LogP contribution in [0.4, 0.5) is 4.39 Å². The minimum atomic E-state index is -2.73. The van der Waals surface area contributed by atoms with Gasteiger partial charge in [-0.15, -0.1) is 0 Å². The summed E-state index contributed by atoms with van der Waals surface area (Å²) < 4.78 is 15.6. The molecule has 37 heavy (non-hydrogen) atoms. The van der Waals surface area contributed by atoms with Crippen LogP contribution in [0.15, 0.2) is 28.7 Å². The number of ketones is 2. The third kappa shape index (κ3) is 3.92. The fourth-order valence-electron chi connectivity index (χ4n) is 5.84. The lowest BCUT2D eigenvalue weighted by atomic mass is 9.58. The molecule has 0 heterocycles. The van der Waals surface area contributed by atoms with Crippen molar-refractivity contribution in [2.24, 2.45) is 17.6 Å². The molecule has 7 N–H and O–H groups in total. The van der Waals surface area contributed by atoms with Gasteiger partial charge < -0.3 is 31.5 Å². The van der Waals surface area contributed by atoms with Crippen LogP contribution in [-0.4, -0.2) is 74.1 Å². The number of phenols is 1. The van der Waals surface area contributed by atoms with E-state index in [4.69, 9.17) is 5.73 Å². The molecule has 4 atom stereocenters. The summed E-state index contributed by atoms with van der Waals surface area (Å²) in [7, 11) is 3.08. The quantitative estimate of drug-likeness (QED) is 0.320. The summed E-state index contributed by atoms with van der Waals surface area (Å²) in [5.41, 5.74) is 0.834. The van der Waals surface area contributed by atoms with E-state index in [1.807, 2.05) is 20.8 Å². The van der Waals surface area contributed by atoms with Gasteiger partial charge in [0.25, 0.3) is 5.91 Å². The number of allylic oxidation sites excluding steroid dienone is 1. The molecular formula is C26H32FN3O7. The Balaban J connectivity index is 1.88. The zero-order valence-corrected chi connectivity index (χ0v) is 21.3. The Bertz CT molecular complexity index is 1290. The van der Waals surface area contributed by atoms with Crippen LogP contribution < -0.4 is 11.1 Å². The maximum absolute atomic E-state index is 15.6. The number of amides is 1. The third-order valence-electron chi connectivity index (χ3n) is 7.54. The van der Waals surface area contributed by atoms with Crippen molar-refractivity contribution in [1.82, 2.24) is 10.2 Å². The summed E-state index contributed by atoms with van der Waals surface area (Å²) in [4.78, 5) is 40.3. The van der Waals surface area contributed by atoms with Crippen LogP contribution in [0.5, 0.6) is 5.75 Å². The van der Waals surface area contributed by atoms with E-state index < -0.39 is 69.6 Å². The fraction of sp³-hybridized carbons (Fsp3) is 0.500. The zero-order valence-electron chi connectivity index (χ0n) is 21.3. The van der Waals surface area contributed by atoms with E-state index in [1.54, 1.807) is 14.1 Å². The van der Waals surface area contributed by atoms with E-state index in [-0.39, 0.29) is 47.2 Å². The highest BCUT2D eigenvalue weighted by molar-refractivity contribution is 6.24. The third-order valence-corrected chi connectivity index (χ3v) is 7.54. The summed E-state index contributed by atoms with van der Waals surface area (Å²) in [5.74, 6) is -8.32. The normalized spacial score (nSPS) is 27.8. The highest BCUT2D eigenvalue weighted by Crippen LogP contribution is 2.52. The first-order valence-electron chi connectivity index (χ1n) is 11.9. The molecule has 0 saturated heterocycles. The largest absolute Gasteiger partial charge is 0.510 e. The van der Waals surface area contributed by atoms with Crippen molar-refractivity contribution in [2.45, 2.75) is 57.3 Å². The minimum Gasteiger partial charge on any atom is -0.510 e. The van der Waals surface area contributed by atoms with Crippen LogP contribution in [0.3, 0.4) is 0 Å². The van der Waals surface area contributed by atoms with Gasteiger partial charge in [-0.3, -0.25) is 19.3 Å².